The van der Waals surface area contributed by atoms with Crippen molar-refractivity contribution in [1.82, 2.24) is 0 Å². The molecule has 0 nitrogen and oxygen atoms in total. The van der Waals surface area contributed by atoms with E-state index in [2.05, 4.69) is 6.92 Å². The van der Waals surface area contributed by atoms with Crippen LogP contribution in [0.1, 0.15) is 19.8 Å². The molecule has 32 valence electrons. The monoisotopic (exact) mass is 180 g/mol. The summed E-state index contributed by atoms with van der Waals surface area (Å²) >= 11 is 1.45. The Hall–Kier alpha value is 0.818. The first-order valence-corrected chi connectivity index (χ1v) is 4.45. The fourth-order valence-corrected chi connectivity index (χ4v) is 1.37. The number of hydrogen-bond acceptors (Lipinski definition) is 0. The maximum absolute atomic E-state index is 2.23. The molecule has 0 unspecified atom stereocenters. The molecule has 0 saturated carbocycles. The van der Waals surface area contributed by atoms with Crippen LogP contribution in [0.5, 0.6) is 0 Å². The zero-order valence-electron chi connectivity index (χ0n) is 3.70. The van der Waals surface area contributed by atoms with E-state index >= 15 is 0 Å². The Balaban J connectivity index is 2.19. The van der Waals surface area contributed by atoms with E-state index in [1.807, 2.05) is 0 Å². The summed E-state index contributed by atoms with van der Waals surface area (Å²) in [4.78, 5) is 0. The van der Waals surface area contributed by atoms with E-state index < -0.39 is 0 Å². The second kappa shape index (κ2) is 4.82. The van der Waals surface area contributed by atoms with E-state index in [1.165, 1.54) is 40.2 Å². The summed E-state index contributed by atoms with van der Waals surface area (Å²) in [5, 5.41) is 0. The van der Waals surface area contributed by atoms with Gasteiger partial charge in [0.2, 0.25) is 0 Å². The van der Waals surface area contributed by atoms with Crippen molar-refractivity contribution in [2.24, 2.45) is 0 Å². The average molecular weight is 181 g/mol. The van der Waals surface area contributed by atoms with Gasteiger partial charge >= 0.3 is 47.2 Å². The topological polar surface area (TPSA) is 0 Å². The van der Waals surface area contributed by atoms with Crippen LogP contribution >= 0.6 is 0 Å². The third kappa shape index (κ3) is 4.82. The van der Waals surface area contributed by atoms with Crippen LogP contribution in [0.15, 0.2) is 0 Å². The minimum atomic E-state index is 1.38. The van der Waals surface area contributed by atoms with Crippen LogP contribution in [0.2, 0.25) is 4.37 Å². The molecule has 0 rings (SSSR count). The van der Waals surface area contributed by atoms with Crippen LogP contribution in [0, 0.1) is 0 Å². The van der Waals surface area contributed by atoms with Crippen LogP contribution in [0.25, 0.3) is 0 Å². The third-order valence-electron chi connectivity index (χ3n) is 0.558. The second-order valence-corrected chi connectivity index (χ2v) is 2.79. The quantitative estimate of drug-likeness (QED) is 0.553. The Morgan fingerprint density at radius 3 is 2.20 bits per heavy atom. The molecule has 0 aliphatic carbocycles. The standard InChI is InChI=1S/C4H9.Sb.2H/c1-3-4-2;;;/h1,3-4H2,2H3;;;. The zero-order chi connectivity index (χ0) is 4.12. The van der Waals surface area contributed by atoms with Crippen LogP contribution < -0.4 is 0 Å². The molecular formula is C4H11Sb. The van der Waals surface area contributed by atoms with Crippen molar-refractivity contribution in [3.8, 4) is 0 Å². The van der Waals surface area contributed by atoms with Gasteiger partial charge in [-0.3, -0.25) is 0 Å². The summed E-state index contributed by atoms with van der Waals surface area (Å²) in [5.41, 5.74) is 0. The fourth-order valence-electron chi connectivity index (χ4n) is 0.204. The molecule has 0 aromatic carbocycles. The second-order valence-electron chi connectivity index (χ2n) is 1.14. The van der Waals surface area contributed by atoms with Gasteiger partial charge in [0.1, 0.15) is 0 Å². The van der Waals surface area contributed by atoms with Crippen molar-refractivity contribution in [2.75, 3.05) is 0 Å². The van der Waals surface area contributed by atoms with Gasteiger partial charge in [-0.2, -0.15) is 0 Å². The van der Waals surface area contributed by atoms with Gasteiger partial charge in [-0.25, -0.2) is 0 Å². The van der Waals surface area contributed by atoms with Crippen molar-refractivity contribution in [1.29, 1.82) is 0 Å². The van der Waals surface area contributed by atoms with Gasteiger partial charge in [0.05, 0.1) is 0 Å². The number of unbranched alkanes of at least 4 members (excludes halogenated alkanes) is 1. The van der Waals surface area contributed by atoms with Gasteiger partial charge in [-0.1, -0.05) is 0 Å². The minimum absolute atomic E-state index is 1.38. The first kappa shape index (κ1) is 5.82. The van der Waals surface area contributed by atoms with Gasteiger partial charge in [0.25, 0.3) is 0 Å². The van der Waals surface area contributed by atoms with Crippen molar-refractivity contribution in [3.05, 3.63) is 0 Å². The summed E-state index contributed by atoms with van der Waals surface area (Å²) in [7, 11) is 0. The molecule has 1 heteroatoms. The van der Waals surface area contributed by atoms with Crippen molar-refractivity contribution in [3.63, 3.8) is 0 Å². The van der Waals surface area contributed by atoms with Crippen LogP contribution in [-0.2, 0) is 0 Å². The Labute approximate surface area is 47.4 Å². The SMILES string of the molecule is CCC[CH2][SbH2]. The molecule has 0 aromatic rings. The molecule has 0 atom stereocenters. The number of rotatable bonds is 2. The molecule has 0 spiro atoms. The summed E-state index contributed by atoms with van der Waals surface area (Å²) in [5.74, 6) is 0. The molecule has 0 saturated heterocycles. The van der Waals surface area contributed by atoms with E-state index in [4.69, 9.17) is 0 Å². The van der Waals surface area contributed by atoms with Gasteiger partial charge < -0.3 is 0 Å². The van der Waals surface area contributed by atoms with Crippen molar-refractivity contribution in [2.45, 2.75) is 24.1 Å². The molecule has 5 heavy (non-hydrogen) atoms. The van der Waals surface area contributed by atoms with Gasteiger partial charge in [0, 0.05) is 0 Å². The molecule has 0 aliphatic rings. The Morgan fingerprint density at radius 1 is 1.60 bits per heavy atom. The summed E-state index contributed by atoms with van der Waals surface area (Å²) in [6.45, 7) is 2.23. The van der Waals surface area contributed by atoms with Gasteiger partial charge in [-0.15, -0.1) is 0 Å². The predicted octanol–water partition coefficient (Wildman–Crippen LogP) is 0.838. The molecule has 0 aliphatic heterocycles. The van der Waals surface area contributed by atoms with Crippen LogP contribution in [0.3, 0.4) is 0 Å². The van der Waals surface area contributed by atoms with Crippen molar-refractivity contribution < 1.29 is 0 Å². The molecule has 0 heterocycles. The third-order valence-corrected chi connectivity index (χ3v) is 1.72. The molecule has 0 fully saturated rings. The Morgan fingerprint density at radius 2 is 2.20 bits per heavy atom. The fraction of sp³-hybridized carbons (Fsp3) is 1.00. The summed E-state index contributed by atoms with van der Waals surface area (Å²) in [6, 6.07) is 0. The summed E-state index contributed by atoms with van der Waals surface area (Å²) < 4.78 is 1.47. The van der Waals surface area contributed by atoms with E-state index in [9.17, 15) is 0 Å². The molecular weight excluding hydrogens is 170 g/mol. The first-order valence-electron chi connectivity index (χ1n) is 2.12. The molecule has 0 bridgehead atoms. The average Bonchev–Trinajstić information content (AvgIpc) is 1.41. The molecule has 0 radical (unpaired) electrons. The van der Waals surface area contributed by atoms with Crippen LogP contribution in [-0.4, -0.2) is 23.0 Å². The Kier molecular flexibility index (Phi) is 5.61. The molecule has 0 amide bonds. The van der Waals surface area contributed by atoms with Crippen LogP contribution in [0.4, 0.5) is 0 Å². The maximum atomic E-state index is 2.23. The zero-order valence-corrected chi connectivity index (χ0v) is 6.99. The van der Waals surface area contributed by atoms with E-state index in [-0.39, 0.29) is 0 Å². The molecule has 0 N–H and O–H groups in total. The van der Waals surface area contributed by atoms with Gasteiger partial charge in [-0.05, 0) is 0 Å². The first-order chi connectivity index (χ1) is 2.41. The van der Waals surface area contributed by atoms with E-state index in [1.54, 1.807) is 0 Å². The molecule has 0 aromatic heterocycles. The van der Waals surface area contributed by atoms with E-state index in [0.29, 0.717) is 0 Å². The normalized spacial score (nSPS) is 8.40. The van der Waals surface area contributed by atoms with Gasteiger partial charge in [0.15, 0.2) is 0 Å². The number of hydrogen-bond donors (Lipinski definition) is 0. The Bertz CT molecular complexity index is 11.1. The van der Waals surface area contributed by atoms with Crippen molar-refractivity contribution >= 4 is 23.0 Å². The van der Waals surface area contributed by atoms with E-state index in [0.717, 1.165) is 0 Å². The summed E-state index contributed by atoms with van der Waals surface area (Å²) in [6.07, 6.45) is 2.82. The predicted molar refractivity (Wildman–Crippen MR) is 28.3 cm³/mol.